The zero-order chi connectivity index (χ0) is 15.9. The molecule has 0 saturated carbocycles. The minimum atomic E-state index is -0.361. The van der Waals surface area contributed by atoms with E-state index in [1.165, 1.54) is 6.08 Å². The first-order chi connectivity index (χ1) is 10.6. The van der Waals surface area contributed by atoms with Gasteiger partial charge in [-0.25, -0.2) is 0 Å². The van der Waals surface area contributed by atoms with Crippen LogP contribution in [0.4, 0.5) is 0 Å². The average Bonchev–Trinajstić information content (AvgIpc) is 2.97. The van der Waals surface area contributed by atoms with Crippen LogP contribution < -0.4 is 20.1 Å². The first-order valence-corrected chi connectivity index (χ1v) is 7.29. The summed E-state index contributed by atoms with van der Waals surface area (Å²) in [6.45, 7) is 2.64. The number of carbonyl (C=O) groups excluding carboxylic acids is 2. The van der Waals surface area contributed by atoms with Crippen molar-refractivity contribution in [3.63, 3.8) is 0 Å². The highest BCUT2D eigenvalue weighted by molar-refractivity contribution is 6.32. The van der Waals surface area contributed by atoms with Gasteiger partial charge >= 0.3 is 0 Å². The molecule has 2 N–H and O–H groups in total. The molecule has 0 radical (unpaired) electrons. The van der Waals surface area contributed by atoms with E-state index < -0.39 is 0 Å². The lowest BCUT2D eigenvalue weighted by Crippen LogP contribution is -2.36. The van der Waals surface area contributed by atoms with Gasteiger partial charge in [0.1, 0.15) is 0 Å². The molecule has 1 aliphatic rings. The van der Waals surface area contributed by atoms with Crippen LogP contribution in [0.1, 0.15) is 18.9 Å². The minimum Gasteiger partial charge on any atom is -0.454 e. The Balaban J connectivity index is 1.88. The largest absolute Gasteiger partial charge is 0.454 e. The topological polar surface area (TPSA) is 76.7 Å². The smallest absolute Gasteiger partial charge is 0.244 e. The Labute approximate surface area is 133 Å². The van der Waals surface area contributed by atoms with Crippen molar-refractivity contribution in [1.29, 1.82) is 0 Å². The van der Waals surface area contributed by atoms with Gasteiger partial charge in [0.15, 0.2) is 11.5 Å². The molecule has 7 heteroatoms. The van der Waals surface area contributed by atoms with E-state index in [1.807, 2.05) is 6.92 Å². The third-order valence-electron chi connectivity index (χ3n) is 2.87. The number of ether oxygens (including phenoxy) is 2. The molecule has 6 nitrogen and oxygen atoms in total. The average molecular weight is 325 g/mol. The molecular formula is C15H17ClN2O4. The molecule has 0 unspecified atom stereocenters. The molecule has 2 rings (SSSR count). The molecular weight excluding hydrogens is 308 g/mol. The van der Waals surface area contributed by atoms with Crippen molar-refractivity contribution in [3.8, 4) is 11.5 Å². The number of hydrogen-bond acceptors (Lipinski definition) is 4. The molecule has 1 aromatic rings. The van der Waals surface area contributed by atoms with E-state index in [2.05, 4.69) is 10.6 Å². The van der Waals surface area contributed by atoms with Crippen LogP contribution in [0, 0.1) is 0 Å². The quantitative estimate of drug-likeness (QED) is 0.781. The highest BCUT2D eigenvalue weighted by Crippen LogP contribution is 2.39. The zero-order valence-electron chi connectivity index (χ0n) is 12.1. The fourth-order valence-electron chi connectivity index (χ4n) is 1.81. The number of halogens is 1. The van der Waals surface area contributed by atoms with E-state index in [9.17, 15) is 9.59 Å². The van der Waals surface area contributed by atoms with Crippen molar-refractivity contribution in [3.05, 3.63) is 28.8 Å². The van der Waals surface area contributed by atoms with Gasteiger partial charge in [-0.2, -0.15) is 0 Å². The van der Waals surface area contributed by atoms with Crippen molar-refractivity contribution in [1.82, 2.24) is 10.6 Å². The Morgan fingerprint density at radius 1 is 1.32 bits per heavy atom. The van der Waals surface area contributed by atoms with Gasteiger partial charge in [-0.3, -0.25) is 9.59 Å². The number of hydrogen-bond donors (Lipinski definition) is 2. The predicted molar refractivity (Wildman–Crippen MR) is 82.9 cm³/mol. The van der Waals surface area contributed by atoms with Crippen molar-refractivity contribution < 1.29 is 19.1 Å². The summed E-state index contributed by atoms with van der Waals surface area (Å²) in [5, 5.41) is 5.60. The van der Waals surface area contributed by atoms with Crippen LogP contribution >= 0.6 is 11.6 Å². The normalized spacial score (nSPS) is 12.5. The van der Waals surface area contributed by atoms with Crippen LogP contribution in [-0.2, 0) is 9.59 Å². The maximum Gasteiger partial charge on any atom is 0.244 e. The van der Waals surface area contributed by atoms with E-state index in [-0.39, 0.29) is 25.2 Å². The van der Waals surface area contributed by atoms with E-state index in [1.54, 1.807) is 18.2 Å². The lowest BCUT2D eigenvalue weighted by Gasteiger charge is -2.04. The van der Waals surface area contributed by atoms with Crippen LogP contribution in [0.2, 0.25) is 5.02 Å². The number of rotatable bonds is 6. The Morgan fingerprint density at radius 2 is 2.14 bits per heavy atom. The highest BCUT2D eigenvalue weighted by Gasteiger charge is 2.17. The molecule has 0 spiro atoms. The van der Waals surface area contributed by atoms with Gasteiger partial charge in [-0.05, 0) is 30.2 Å². The highest BCUT2D eigenvalue weighted by atomic mass is 35.5. The van der Waals surface area contributed by atoms with E-state index in [4.69, 9.17) is 21.1 Å². The maximum absolute atomic E-state index is 11.6. The number of fused-ring (bicyclic) bond motifs is 1. The fraction of sp³-hybridized carbons (Fsp3) is 0.333. The molecule has 0 atom stereocenters. The first-order valence-electron chi connectivity index (χ1n) is 6.92. The second kappa shape index (κ2) is 7.70. The van der Waals surface area contributed by atoms with Crippen LogP contribution in [0.25, 0.3) is 6.08 Å². The van der Waals surface area contributed by atoms with Gasteiger partial charge in [-0.1, -0.05) is 18.5 Å². The molecule has 0 bridgehead atoms. The van der Waals surface area contributed by atoms with Gasteiger partial charge in [0.05, 0.1) is 11.6 Å². The Bertz CT molecular complexity index is 601. The third-order valence-corrected chi connectivity index (χ3v) is 3.15. The number of nitrogens with one attached hydrogen (secondary N) is 2. The summed E-state index contributed by atoms with van der Waals surface area (Å²) < 4.78 is 10.5. The summed E-state index contributed by atoms with van der Waals surface area (Å²) in [4.78, 5) is 23.0. The molecule has 0 aliphatic carbocycles. The lowest BCUT2D eigenvalue weighted by atomic mass is 10.2. The fourth-order valence-corrected chi connectivity index (χ4v) is 2.08. The molecule has 1 heterocycles. The Kier molecular flexibility index (Phi) is 5.66. The van der Waals surface area contributed by atoms with Gasteiger partial charge in [0, 0.05) is 12.6 Å². The van der Waals surface area contributed by atoms with Crippen molar-refractivity contribution in [2.45, 2.75) is 13.3 Å². The molecule has 1 aliphatic heterocycles. The minimum absolute atomic E-state index is 0.0505. The van der Waals surface area contributed by atoms with Crippen LogP contribution in [0.5, 0.6) is 11.5 Å². The van der Waals surface area contributed by atoms with Gasteiger partial charge in [0.2, 0.25) is 18.6 Å². The van der Waals surface area contributed by atoms with Crippen LogP contribution in [0.15, 0.2) is 18.2 Å². The lowest BCUT2D eigenvalue weighted by molar-refractivity contribution is -0.123. The first kappa shape index (κ1) is 16.2. The van der Waals surface area contributed by atoms with E-state index >= 15 is 0 Å². The van der Waals surface area contributed by atoms with Gasteiger partial charge < -0.3 is 20.1 Å². The number of carbonyl (C=O) groups is 2. The van der Waals surface area contributed by atoms with Crippen LogP contribution in [-0.4, -0.2) is 31.7 Å². The zero-order valence-corrected chi connectivity index (χ0v) is 12.9. The summed E-state index contributed by atoms with van der Waals surface area (Å²) in [7, 11) is 0. The van der Waals surface area contributed by atoms with Crippen molar-refractivity contribution >= 4 is 29.5 Å². The van der Waals surface area contributed by atoms with Gasteiger partial charge in [-0.15, -0.1) is 0 Å². The second-order valence-corrected chi connectivity index (χ2v) is 5.04. The third kappa shape index (κ3) is 4.39. The maximum atomic E-state index is 11.6. The van der Waals surface area contributed by atoms with Gasteiger partial charge in [0.25, 0.3) is 0 Å². The Morgan fingerprint density at radius 3 is 2.91 bits per heavy atom. The van der Waals surface area contributed by atoms with E-state index in [0.717, 1.165) is 6.42 Å². The van der Waals surface area contributed by atoms with E-state index in [0.29, 0.717) is 28.6 Å². The second-order valence-electron chi connectivity index (χ2n) is 4.64. The van der Waals surface area contributed by atoms with Crippen molar-refractivity contribution in [2.75, 3.05) is 19.9 Å². The predicted octanol–water partition coefficient (Wildman–Crippen LogP) is 1.72. The molecule has 0 aromatic heterocycles. The summed E-state index contributed by atoms with van der Waals surface area (Å²) >= 11 is 6.05. The molecule has 0 saturated heterocycles. The molecule has 2 amide bonds. The summed E-state index contributed by atoms with van der Waals surface area (Å²) in [5.74, 6) is 0.484. The molecule has 1 aromatic carbocycles. The summed E-state index contributed by atoms with van der Waals surface area (Å²) in [6, 6.07) is 3.40. The number of amides is 2. The standard InChI is InChI=1S/C15H17ClN2O4/c1-2-5-17-14(20)8-18-13(19)4-3-10-6-11(16)15-12(7-10)21-9-22-15/h3-4,6-7H,2,5,8-9H2,1H3,(H,17,20)(H,18,19)/b4-3+. The SMILES string of the molecule is CCCNC(=O)CNC(=O)/C=C/c1cc(Cl)c2c(c1)OCO2. The molecule has 118 valence electrons. The number of benzene rings is 1. The summed E-state index contributed by atoms with van der Waals surface area (Å²) in [5.41, 5.74) is 0.708. The molecule has 0 fully saturated rings. The molecule has 22 heavy (non-hydrogen) atoms. The van der Waals surface area contributed by atoms with Crippen molar-refractivity contribution in [2.24, 2.45) is 0 Å². The Hall–Kier alpha value is -2.21. The van der Waals surface area contributed by atoms with Crippen LogP contribution in [0.3, 0.4) is 0 Å². The monoisotopic (exact) mass is 324 g/mol. The summed E-state index contributed by atoms with van der Waals surface area (Å²) in [6.07, 6.45) is 3.78.